The van der Waals surface area contributed by atoms with Crippen molar-refractivity contribution in [3.05, 3.63) is 45.7 Å². The molecule has 0 spiro atoms. The summed E-state index contributed by atoms with van der Waals surface area (Å²) in [6.07, 6.45) is 4.56. The van der Waals surface area contributed by atoms with E-state index in [9.17, 15) is 4.79 Å². The molecule has 0 saturated heterocycles. The second kappa shape index (κ2) is 9.68. The second-order valence-corrected chi connectivity index (χ2v) is 9.39. The number of nitrogens with zero attached hydrogens (tertiary/aromatic N) is 4. The SMILES string of the molecule is CCCCC1=NN2C(=N)C(=Cc3cc(C)n(-c4cc(Cl)c(OC)cc4OC)c3C)C(=O)N=C2S1. The Morgan fingerprint density at radius 2 is 1.91 bits per heavy atom. The lowest BCUT2D eigenvalue weighted by molar-refractivity contribution is -0.114. The molecule has 8 nitrogen and oxygen atoms in total. The number of ether oxygens (including phenoxy) is 2. The van der Waals surface area contributed by atoms with Crippen LogP contribution in [0.5, 0.6) is 11.5 Å². The summed E-state index contributed by atoms with van der Waals surface area (Å²) in [6, 6.07) is 5.48. The third kappa shape index (κ3) is 4.25. The molecule has 178 valence electrons. The summed E-state index contributed by atoms with van der Waals surface area (Å²) < 4.78 is 12.9. The summed E-state index contributed by atoms with van der Waals surface area (Å²) in [6.45, 7) is 6.01. The fourth-order valence-corrected chi connectivity index (χ4v) is 5.10. The van der Waals surface area contributed by atoms with Crippen molar-refractivity contribution in [3.63, 3.8) is 0 Å². The molecule has 3 heterocycles. The van der Waals surface area contributed by atoms with E-state index in [-0.39, 0.29) is 11.4 Å². The van der Waals surface area contributed by atoms with E-state index in [4.69, 9.17) is 26.5 Å². The number of carbonyl (C=O) groups excluding carboxylic acids is 1. The van der Waals surface area contributed by atoms with Crippen molar-refractivity contribution < 1.29 is 14.3 Å². The fraction of sp³-hybridized carbons (Fsp3) is 0.333. The van der Waals surface area contributed by atoms with Crippen LogP contribution in [0, 0.1) is 19.3 Å². The minimum Gasteiger partial charge on any atom is -0.495 e. The number of aliphatic imine (C=N–C) groups is 1. The minimum atomic E-state index is -0.439. The van der Waals surface area contributed by atoms with Crippen molar-refractivity contribution in [2.75, 3.05) is 14.2 Å². The van der Waals surface area contributed by atoms with Crippen LogP contribution < -0.4 is 9.47 Å². The molecule has 1 aromatic heterocycles. The van der Waals surface area contributed by atoms with Crippen LogP contribution in [-0.2, 0) is 4.79 Å². The molecule has 4 rings (SSSR count). The molecule has 0 atom stereocenters. The molecular formula is C24H26ClN5O3S. The van der Waals surface area contributed by atoms with Crippen LogP contribution in [0.4, 0.5) is 0 Å². The van der Waals surface area contributed by atoms with Crippen molar-refractivity contribution >= 4 is 51.4 Å². The van der Waals surface area contributed by atoms with Gasteiger partial charge in [-0.05, 0) is 62.2 Å². The number of aromatic nitrogens is 1. The van der Waals surface area contributed by atoms with E-state index in [1.165, 1.54) is 16.8 Å². The van der Waals surface area contributed by atoms with Crippen molar-refractivity contribution in [1.82, 2.24) is 9.58 Å². The Morgan fingerprint density at radius 1 is 1.18 bits per heavy atom. The Balaban J connectivity index is 1.73. The van der Waals surface area contributed by atoms with Gasteiger partial charge in [0.2, 0.25) is 5.17 Å². The molecule has 1 amide bonds. The highest BCUT2D eigenvalue weighted by molar-refractivity contribution is 8.26. The molecule has 2 aliphatic rings. The molecule has 34 heavy (non-hydrogen) atoms. The van der Waals surface area contributed by atoms with Gasteiger partial charge in [-0.1, -0.05) is 24.9 Å². The van der Waals surface area contributed by atoms with Crippen LogP contribution in [0.25, 0.3) is 11.8 Å². The van der Waals surface area contributed by atoms with Crippen LogP contribution in [0.15, 0.2) is 33.9 Å². The number of carbonyl (C=O) groups is 1. The first-order chi connectivity index (χ1) is 16.3. The molecular weight excluding hydrogens is 474 g/mol. The smallest absolute Gasteiger partial charge is 0.283 e. The number of rotatable bonds is 7. The number of unbranched alkanes of at least 4 members (excludes halogenated alkanes) is 1. The number of benzene rings is 1. The average Bonchev–Trinajstić information content (AvgIpc) is 3.34. The zero-order chi connectivity index (χ0) is 24.6. The number of methoxy groups -OCH3 is 2. The van der Waals surface area contributed by atoms with E-state index in [1.807, 2.05) is 24.5 Å². The summed E-state index contributed by atoms with van der Waals surface area (Å²) in [7, 11) is 3.14. The van der Waals surface area contributed by atoms with Crippen LogP contribution in [0.1, 0.15) is 43.1 Å². The first kappa shape index (κ1) is 24.1. The average molecular weight is 500 g/mol. The van der Waals surface area contributed by atoms with Crippen LogP contribution in [-0.4, -0.2) is 45.7 Å². The van der Waals surface area contributed by atoms with Crippen molar-refractivity contribution in [3.8, 4) is 17.2 Å². The summed E-state index contributed by atoms with van der Waals surface area (Å²) in [5.41, 5.74) is 3.52. The molecule has 0 radical (unpaired) electrons. The van der Waals surface area contributed by atoms with Gasteiger partial charge in [-0.3, -0.25) is 10.2 Å². The number of amidine groups is 2. The Hall–Kier alpha value is -3.04. The Kier molecular flexibility index (Phi) is 6.86. The highest BCUT2D eigenvalue weighted by Crippen LogP contribution is 2.37. The molecule has 0 saturated carbocycles. The lowest BCUT2D eigenvalue weighted by Gasteiger charge is -2.20. The van der Waals surface area contributed by atoms with E-state index in [2.05, 4.69) is 17.0 Å². The first-order valence-electron chi connectivity index (χ1n) is 10.9. The van der Waals surface area contributed by atoms with E-state index in [0.717, 1.165) is 46.9 Å². The maximum atomic E-state index is 12.8. The Morgan fingerprint density at radius 3 is 2.59 bits per heavy atom. The van der Waals surface area contributed by atoms with Gasteiger partial charge in [0, 0.05) is 17.5 Å². The number of hydrogen-bond donors (Lipinski definition) is 1. The van der Waals surface area contributed by atoms with Gasteiger partial charge in [-0.25, -0.2) is 0 Å². The highest BCUT2D eigenvalue weighted by Gasteiger charge is 2.35. The molecule has 0 unspecified atom stereocenters. The topological polar surface area (TPSA) is 92.3 Å². The van der Waals surface area contributed by atoms with Gasteiger partial charge in [-0.15, -0.1) is 0 Å². The maximum Gasteiger partial charge on any atom is 0.283 e. The zero-order valence-corrected chi connectivity index (χ0v) is 21.3. The Bertz CT molecular complexity index is 1280. The minimum absolute atomic E-state index is 0.0314. The summed E-state index contributed by atoms with van der Waals surface area (Å²) in [4.78, 5) is 17.0. The van der Waals surface area contributed by atoms with Gasteiger partial charge in [0.1, 0.15) is 16.5 Å². The number of thioether (sulfide) groups is 1. The summed E-state index contributed by atoms with van der Waals surface area (Å²) in [5.74, 6) is 0.708. The van der Waals surface area contributed by atoms with Crippen molar-refractivity contribution in [2.24, 2.45) is 10.1 Å². The molecule has 2 aromatic rings. The second-order valence-electron chi connectivity index (χ2n) is 7.94. The van der Waals surface area contributed by atoms with Crippen LogP contribution >= 0.6 is 23.4 Å². The number of amides is 1. The van der Waals surface area contributed by atoms with E-state index in [1.54, 1.807) is 32.4 Å². The predicted octanol–water partition coefficient (Wildman–Crippen LogP) is 5.57. The lowest BCUT2D eigenvalue weighted by Crippen LogP contribution is -2.35. The molecule has 10 heteroatoms. The predicted molar refractivity (Wildman–Crippen MR) is 138 cm³/mol. The largest absolute Gasteiger partial charge is 0.495 e. The number of nitrogens with one attached hydrogen (secondary N) is 1. The quantitative estimate of drug-likeness (QED) is 0.502. The van der Waals surface area contributed by atoms with Gasteiger partial charge in [-0.2, -0.15) is 15.1 Å². The molecule has 0 bridgehead atoms. The summed E-state index contributed by atoms with van der Waals surface area (Å²) >= 11 is 7.76. The first-order valence-corrected chi connectivity index (χ1v) is 12.1. The monoisotopic (exact) mass is 499 g/mol. The molecule has 0 aliphatic carbocycles. The van der Waals surface area contributed by atoms with Crippen LogP contribution in [0.3, 0.4) is 0 Å². The normalized spacial score (nSPS) is 16.6. The van der Waals surface area contributed by atoms with E-state index < -0.39 is 5.91 Å². The van der Waals surface area contributed by atoms with Gasteiger partial charge in [0.25, 0.3) is 5.91 Å². The van der Waals surface area contributed by atoms with Gasteiger partial charge in [0.15, 0.2) is 5.84 Å². The fourth-order valence-electron chi connectivity index (χ4n) is 3.94. The number of fused-ring (bicyclic) bond motifs is 1. The third-order valence-corrected chi connectivity index (χ3v) is 6.97. The Labute approximate surface area is 207 Å². The third-order valence-electron chi connectivity index (χ3n) is 5.70. The van der Waals surface area contributed by atoms with Gasteiger partial charge < -0.3 is 14.0 Å². The number of aryl methyl sites for hydroxylation is 1. The van der Waals surface area contributed by atoms with Crippen molar-refractivity contribution in [2.45, 2.75) is 40.0 Å². The van der Waals surface area contributed by atoms with Gasteiger partial charge in [0.05, 0.1) is 30.5 Å². The number of hydrazone groups is 1. The standard InChI is InChI=1S/C24H26ClN5O3S/c1-6-7-8-21-28-30-22(26)16(23(31)27-24(30)34-21)10-15-9-13(2)29(14(15)3)18-11-17(25)19(32-4)12-20(18)33-5/h9-12,26H,6-8H2,1-5H3. The van der Waals surface area contributed by atoms with E-state index in [0.29, 0.717) is 21.7 Å². The summed E-state index contributed by atoms with van der Waals surface area (Å²) in [5, 5.41) is 16.4. The number of halogens is 1. The van der Waals surface area contributed by atoms with Gasteiger partial charge >= 0.3 is 0 Å². The molecule has 1 N–H and O–H groups in total. The molecule has 0 fully saturated rings. The highest BCUT2D eigenvalue weighted by atomic mass is 35.5. The zero-order valence-electron chi connectivity index (χ0n) is 19.7. The van der Waals surface area contributed by atoms with Crippen LogP contribution in [0.2, 0.25) is 5.02 Å². The molecule has 2 aliphatic heterocycles. The maximum absolute atomic E-state index is 12.8. The molecule has 1 aromatic carbocycles. The number of hydrogen-bond acceptors (Lipinski definition) is 6. The van der Waals surface area contributed by atoms with E-state index >= 15 is 0 Å². The van der Waals surface area contributed by atoms with Crippen molar-refractivity contribution in [1.29, 1.82) is 5.41 Å². The lowest BCUT2D eigenvalue weighted by atomic mass is 10.1.